The van der Waals surface area contributed by atoms with Gasteiger partial charge in [-0.05, 0) is 43.8 Å². The molecule has 0 saturated carbocycles. The topological polar surface area (TPSA) is 54.0 Å². The number of hydrogen-bond donors (Lipinski definition) is 2. The third kappa shape index (κ3) is 3.39. The van der Waals surface area contributed by atoms with E-state index in [4.69, 9.17) is 0 Å². The van der Waals surface area contributed by atoms with E-state index in [1.807, 2.05) is 31.3 Å². The first-order chi connectivity index (χ1) is 9.20. The van der Waals surface area contributed by atoms with Crippen LogP contribution in [0.5, 0.6) is 0 Å². The van der Waals surface area contributed by atoms with Gasteiger partial charge in [0.05, 0.1) is 0 Å². The molecule has 0 aliphatic rings. The van der Waals surface area contributed by atoms with Gasteiger partial charge in [0.2, 0.25) is 0 Å². The fraction of sp³-hybridized carbons (Fsp3) is 0.200. The summed E-state index contributed by atoms with van der Waals surface area (Å²) in [6.07, 6.45) is 1.60. The Morgan fingerprint density at radius 3 is 2.47 bits per heavy atom. The van der Waals surface area contributed by atoms with Crippen LogP contribution in [0.1, 0.15) is 29.0 Å². The number of hydrogen-bond acceptors (Lipinski definition) is 3. The summed E-state index contributed by atoms with van der Waals surface area (Å²) in [5.74, 6) is -0.199. The van der Waals surface area contributed by atoms with Gasteiger partial charge in [0, 0.05) is 17.9 Å². The van der Waals surface area contributed by atoms with Gasteiger partial charge in [0.25, 0.3) is 5.91 Å². The molecule has 0 aliphatic heterocycles. The normalized spacial score (nSPS) is 11.9. The lowest BCUT2D eigenvalue weighted by Gasteiger charge is -2.11. The number of benzene rings is 1. The zero-order valence-corrected chi connectivity index (χ0v) is 11.1. The molecule has 1 atom stereocenters. The zero-order valence-electron chi connectivity index (χ0n) is 11.1. The zero-order chi connectivity index (χ0) is 13.7. The number of aromatic nitrogens is 1. The Bertz CT molecular complexity index is 537. The lowest BCUT2D eigenvalue weighted by molar-refractivity contribution is 0.102. The Hall–Kier alpha value is -2.20. The van der Waals surface area contributed by atoms with Crippen molar-refractivity contribution in [2.45, 2.75) is 13.0 Å². The maximum atomic E-state index is 11.9. The van der Waals surface area contributed by atoms with Gasteiger partial charge in [-0.1, -0.05) is 18.2 Å². The Morgan fingerprint density at radius 2 is 1.89 bits per heavy atom. The highest BCUT2D eigenvalue weighted by atomic mass is 16.1. The minimum Gasteiger partial charge on any atom is -0.321 e. The molecule has 0 aliphatic carbocycles. The van der Waals surface area contributed by atoms with Crippen molar-refractivity contribution < 1.29 is 4.79 Å². The van der Waals surface area contributed by atoms with Gasteiger partial charge >= 0.3 is 0 Å². The molecule has 0 fully saturated rings. The van der Waals surface area contributed by atoms with E-state index in [0.29, 0.717) is 11.7 Å². The van der Waals surface area contributed by atoms with Gasteiger partial charge in [0.15, 0.2) is 0 Å². The molecule has 1 aromatic carbocycles. The van der Waals surface area contributed by atoms with Crippen molar-refractivity contribution in [3.63, 3.8) is 0 Å². The molecule has 19 heavy (non-hydrogen) atoms. The van der Waals surface area contributed by atoms with Crippen LogP contribution in [0.25, 0.3) is 0 Å². The number of carbonyl (C=O) groups excluding carboxylic acids is 1. The molecule has 2 aromatic rings. The second-order valence-corrected chi connectivity index (χ2v) is 4.30. The highest BCUT2D eigenvalue weighted by Crippen LogP contribution is 2.16. The second kappa shape index (κ2) is 6.11. The molecule has 1 unspecified atom stereocenters. The molecule has 1 aromatic heterocycles. The van der Waals surface area contributed by atoms with Gasteiger partial charge in [-0.3, -0.25) is 9.78 Å². The second-order valence-electron chi connectivity index (χ2n) is 4.30. The molecule has 0 saturated heterocycles. The minimum atomic E-state index is -0.199. The first-order valence-corrected chi connectivity index (χ1v) is 6.20. The minimum absolute atomic E-state index is 0.199. The molecule has 0 radical (unpaired) electrons. The van der Waals surface area contributed by atoms with E-state index in [1.165, 1.54) is 5.56 Å². The molecule has 0 spiro atoms. The molecular weight excluding hydrogens is 238 g/mol. The van der Waals surface area contributed by atoms with E-state index in [0.717, 1.165) is 5.69 Å². The van der Waals surface area contributed by atoms with Crippen LogP contribution < -0.4 is 10.6 Å². The molecule has 1 heterocycles. The van der Waals surface area contributed by atoms with Crippen molar-refractivity contribution in [1.82, 2.24) is 10.3 Å². The number of amides is 1. The predicted octanol–water partition coefficient (Wildman–Crippen LogP) is 2.61. The molecule has 0 bridgehead atoms. The molecule has 2 rings (SSSR count). The van der Waals surface area contributed by atoms with Crippen LogP contribution in [-0.2, 0) is 0 Å². The monoisotopic (exact) mass is 255 g/mol. The summed E-state index contributed by atoms with van der Waals surface area (Å²) in [5, 5.41) is 5.99. The molecular formula is C15H17N3O. The van der Waals surface area contributed by atoms with Gasteiger partial charge in [0.1, 0.15) is 5.69 Å². The number of anilines is 1. The third-order valence-electron chi connectivity index (χ3n) is 3.00. The van der Waals surface area contributed by atoms with E-state index in [1.54, 1.807) is 24.4 Å². The largest absolute Gasteiger partial charge is 0.321 e. The van der Waals surface area contributed by atoms with Crippen LogP contribution >= 0.6 is 0 Å². The average Bonchev–Trinajstić information content (AvgIpc) is 2.48. The molecule has 4 heteroatoms. The first-order valence-electron chi connectivity index (χ1n) is 6.20. The van der Waals surface area contributed by atoms with Gasteiger partial charge in [-0.25, -0.2) is 0 Å². The Kier molecular flexibility index (Phi) is 4.26. The SMILES string of the molecule is CNC(C)c1ccc(NC(=O)c2ccccn2)cc1. The highest BCUT2D eigenvalue weighted by Gasteiger charge is 2.07. The lowest BCUT2D eigenvalue weighted by Crippen LogP contribution is -2.14. The predicted molar refractivity (Wildman–Crippen MR) is 76.1 cm³/mol. The third-order valence-corrected chi connectivity index (χ3v) is 3.00. The van der Waals surface area contributed by atoms with E-state index < -0.39 is 0 Å². The Balaban J connectivity index is 2.06. The lowest BCUT2D eigenvalue weighted by atomic mass is 10.1. The number of pyridine rings is 1. The van der Waals surface area contributed by atoms with Gasteiger partial charge in [-0.2, -0.15) is 0 Å². The summed E-state index contributed by atoms with van der Waals surface area (Å²) in [4.78, 5) is 15.9. The molecule has 98 valence electrons. The van der Waals surface area contributed by atoms with Crippen molar-refractivity contribution in [3.8, 4) is 0 Å². The van der Waals surface area contributed by atoms with Crippen molar-refractivity contribution in [2.24, 2.45) is 0 Å². The van der Waals surface area contributed by atoms with Gasteiger partial charge < -0.3 is 10.6 Å². The summed E-state index contributed by atoms with van der Waals surface area (Å²) >= 11 is 0. The van der Waals surface area contributed by atoms with E-state index in [9.17, 15) is 4.79 Å². The standard InChI is InChI=1S/C15H17N3O/c1-11(16-2)12-6-8-13(9-7-12)18-15(19)14-5-3-4-10-17-14/h3-11,16H,1-2H3,(H,18,19). The molecule has 4 nitrogen and oxygen atoms in total. The number of rotatable bonds is 4. The van der Waals surface area contributed by atoms with Crippen LogP contribution in [0.15, 0.2) is 48.7 Å². The Morgan fingerprint density at radius 1 is 1.16 bits per heavy atom. The molecule has 2 N–H and O–H groups in total. The maximum Gasteiger partial charge on any atom is 0.274 e. The van der Waals surface area contributed by atoms with Crippen molar-refractivity contribution >= 4 is 11.6 Å². The van der Waals surface area contributed by atoms with Gasteiger partial charge in [-0.15, -0.1) is 0 Å². The maximum absolute atomic E-state index is 11.9. The summed E-state index contributed by atoms with van der Waals surface area (Å²) in [7, 11) is 1.92. The summed E-state index contributed by atoms with van der Waals surface area (Å²) in [6, 6.07) is 13.3. The fourth-order valence-electron chi connectivity index (χ4n) is 1.71. The smallest absolute Gasteiger partial charge is 0.274 e. The summed E-state index contributed by atoms with van der Waals surface area (Å²) in [5.41, 5.74) is 2.36. The van der Waals surface area contributed by atoms with Crippen LogP contribution in [0, 0.1) is 0 Å². The number of nitrogens with one attached hydrogen (secondary N) is 2. The highest BCUT2D eigenvalue weighted by molar-refractivity contribution is 6.02. The Labute approximate surface area is 112 Å². The summed E-state index contributed by atoms with van der Waals surface area (Å²) < 4.78 is 0. The fourth-order valence-corrected chi connectivity index (χ4v) is 1.71. The number of carbonyl (C=O) groups is 1. The van der Waals surface area contributed by atoms with Crippen LogP contribution in [0.2, 0.25) is 0 Å². The van der Waals surface area contributed by atoms with E-state index in [2.05, 4.69) is 22.5 Å². The summed E-state index contributed by atoms with van der Waals surface area (Å²) in [6.45, 7) is 2.08. The first kappa shape index (κ1) is 13.2. The van der Waals surface area contributed by atoms with Crippen molar-refractivity contribution in [1.29, 1.82) is 0 Å². The van der Waals surface area contributed by atoms with Crippen molar-refractivity contribution in [3.05, 3.63) is 59.9 Å². The quantitative estimate of drug-likeness (QED) is 0.883. The molecule has 1 amide bonds. The van der Waals surface area contributed by atoms with Crippen LogP contribution in [-0.4, -0.2) is 17.9 Å². The number of nitrogens with zero attached hydrogens (tertiary/aromatic N) is 1. The van der Waals surface area contributed by atoms with Crippen LogP contribution in [0.3, 0.4) is 0 Å². The van der Waals surface area contributed by atoms with E-state index in [-0.39, 0.29) is 5.91 Å². The van der Waals surface area contributed by atoms with Crippen LogP contribution in [0.4, 0.5) is 5.69 Å². The van der Waals surface area contributed by atoms with E-state index >= 15 is 0 Å². The van der Waals surface area contributed by atoms with Crippen molar-refractivity contribution in [2.75, 3.05) is 12.4 Å². The average molecular weight is 255 g/mol.